The molecule has 0 fully saturated rings. The Morgan fingerprint density at radius 3 is 1.70 bits per heavy atom. The number of methoxy groups -OCH3 is 2. The Labute approximate surface area is 312 Å². The van der Waals surface area contributed by atoms with Crippen molar-refractivity contribution >= 4 is 66.3 Å². The summed E-state index contributed by atoms with van der Waals surface area (Å²) >= 11 is 16.2. The first kappa shape index (κ1) is 35.2. The molecular weight excluding hydrogens is 704 g/mol. The van der Waals surface area contributed by atoms with Gasteiger partial charge in [0.1, 0.15) is 11.5 Å². The maximum absolute atomic E-state index is 6.55. The lowest BCUT2D eigenvalue weighted by Gasteiger charge is -2.28. The van der Waals surface area contributed by atoms with Gasteiger partial charge in [-0.15, -0.1) is 22.7 Å². The number of benzene rings is 4. The van der Waals surface area contributed by atoms with Crippen molar-refractivity contribution in [2.24, 2.45) is 0 Å². The molecule has 2 aliphatic heterocycles. The molecule has 260 valence electrons. The third-order valence-electron chi connectivity index (χ3n) is 10.4. The summed E-state index contributed by atoms with van der Waals surface area (Å²) < 4.78 is 13.3. The third kappa shape index (κ3) is 7.38. The largest absolute Gasteiger partial charge is 0.495 e. The van der Waals surface area contributed by atoms with Gasteiger partial charge in [0.25, 0.3) is 0 Å². The van der Waals surface area contributed by atoms with E-state index in [0.717, 1.165) is 79.4 Å². The summed E-state index contributed by atoms with van der Waals surface area (Å²) in [7, 11) is 3.35. The van der Waals surface area contributed by atoms with Crippen molar-refractivity contribution in [1.29, 1.82) is 0 Å². The number of rotatable bonds is 6. The van der Waals surface area contributed by atoms with E-state index in [0.29, 0.717) is 17.1 Å². The highest BCUT2D eigenvalue weighted by molar-refractivity contribution is 7.17. The fourth-order valence-corrected chi connectivity index (χ4v) is 9.23. The average molecular weight is 746 g/mol. The van der Waals surface area contributed by atoms with Crippen LogP contribution >= 0.6 is 45.9 Å². The minimum absolute atomic E-state index is 0.362. The van der Waals surface area contributed by atoms with Crippen LogP contribution in [0.1, 0.15) is 59.3 Å². The number of hydrogen-bond donors (Lipinski definition) is 0. The minimum Gasteiger partial charge on any atom is -0.495 e. The highest BCUT2D eigenvalue weighted by Crippen LogP contribution is 2.35. The van der Waals surface area contributed by atoms with Crippen LogP contribution in [0.4, 0.5) is 0 Å². The lowest BCUT2D eigenvalue weighted by Crippen LogP contribution is -2.29. The normalized spacial score (nSPS) is 16.4. The van der Waals surface area contributed by atoms with E-state index in [1.54, 1.807) is 36.9 Å². The molecular formula is C40H42Cl2N4O2S2. The Bertz CT molecular complexity index is 2110. The molecule has 2 unspecified atom stereocenters. The van der Waals surface area contributed by atoms with Gasteiger partial charge in [0, 0.05) is 38.3 Å². The molecule has 2 atom stereocenters. The first-order chi connectivity index (χ1) is 24.3. The zero-order chi connectivity index (χ0) is 34.8. The molecule has 0 saturated carbocycles. The molecule has 8 rings (SSSR count). The fraction of sp³-hybridized carbons (Fsp3) is 0.350. The van der Waals surface area contributed by atoms with E-state index in [9.17, 15) is 0 Å². The summed E-state index contributed by atoms with van der Waals surface area (Å²) in [5, 5.41) is 1.48. The zero-order valence-corrected chi connectivity index (χ0v) is 32.1. The van der Waals surface area contributed by atoms with Crippen LogP contribution in [0.5, 0.6) is 11.5 Å². The van der Waals surface area contributed by atoms with Crippen LogP contribution in [-0.2, 0) is 25.7 Å². The van der Waals surface area contributed by atoms with Crippen molar-refractivity contribution in [2.75, 3.05) is 40.4 Å². The monoisotopic (exact) mass is 744 g/mol. The van der Waals surface area contributed by atoms with Crippen molar-refractivity contribution in [2.45, 2.75) is 51.6 Å². The molecule has 6 aromatic rings. The SMILES string of the molecule is COc1cc2c(cc1Cl)CCN(C(C)c1ccc3scnc3c1)CC2.COc1ccc2c(c1Cl)CCN(C(C)c1ccc3scnc3c1)CC2. The molecule has 2 aliphatic rings. The van der Waals surface area contributed by atoms with E-state index >= 15 is 0 Å². The Balaban J connectivity index is 0.000000157. The second-order valence-corrected chi connectivity index (χ2v) is 15.6. The van der Waals surface area contributed by atoms with Gasteiger partial charge in [-0.2, -0.15) is 0 Å². The number of fused-ring (bicyclic) bond motifs is 4. The predicted octanol–water partition coefficient (Wildman–Crippen LogP) is 10.2. The van der Waals surface area contributed by atoms with Gasteiger partial charge in [-0.3, -0.25) is 9.80 Å². The topological polar surface area (TPSA) is 50.7 Å². The Morgan fingerprint density at radius 2 is 1.14 bits per heavy atom. The van der Waals surface area contributed by atoms with E-state index in [1.165, 1.54) is 42.8 Å². The van der Waals surface area contributed by atoms with Gasteiger partial charge in [0.15, 0.2) is 0 Å². The maximum atomic E-state index is 6.55. The Kier molecular flexibility index (Phi) is 10.9. The van der Waals surface area contributed by atoms with E-state index in [-0.39, 0.29) is 0 Å². The third-order valence-corrected chi connectivity index (χ3v) is 12.8. The van der Waals surface area contributed by atoms with Crippen molar-refractivity contribution in [1.82, 2.24) is 19.8 Å². The number of hydrogen-bond acceptors (Lipinski definition) is 8. The van der Waals surface area contributed by atoms with Gasteiger partial charge in [-0.25, -0.2) is 9.97 Å². The highest BCUT2D eigenvalue weighted by atomic mass is 35.5. The van der Waals surface area contributed by atoms with Crippen molar-refractivity contribution in [3.05, 3.63) is 115 Å². The fourth-order valence-electron chi connectivity index (χ4n) is 7.30. The van der Waals surface area contributed by atoms with E-state index in [4.69, 9.17) is 32.7 Å². The van der Waals surface area contributed by atoms with Crippen LogP contribution < -0.4 is 9.47 Å². The van der Waals surface area contributed by atoms with Gasteiger partial charge in [0.05, 0.1) is 55.7 Å². The quantitative estimate of drug-likeness (QED) is 0.169. The summed E-state index contributed by atoms with van der Waals surface area (Å²) in [6, 6.07) is 22.4. The molecule has 0 saturated heterocycles. The van der Waals surface area contributed by atoms with Crippen LogP contribution in [0.2, 0.25) is 10.0 Å². The zero-order valence-electron chi connectivity index (χ0n) is 28.9. The molecule has 10 heteroatoms. The van der Waals surface area contributed by atoms with Crippen molar-refractivity contribution in [3.63, 3.8) is 0 Å². The molecule has 0 amide bonds. The van der Waals surface area contributed by atoms with Crippen LogP contribution in [0.3, 0.4) is 0 Å². The number of nitrogens with zero attached hydrogens (tertiary/aromatic N) is 4. The molecule has 6 nitrogen and oxygen atoms in total. The number of ether oxygens (including phenoxy) is 2. The van der Waals surface area contributed by atoms with Gasteiger partial charge in [0.2, 0.25) is 0 Å². The number of halogens is 2. The molecule has 0 aliphatic carbocycles. The second-order valence-electron chi connectivity index (χ2n) is 13.1. The van der Waals surface area contributed by atoms with Gasteiger partial charge in [-0.1, -0.05) is 41.4 Å². The number of aromatic nitrogens is 2. The van der Waals surface area contributed by atoms with E-state index < -0.39 is 0 Å². The van der Waals surface area contributed by atoms with Gasteiger partial charge >= 0.3 is 0 Å². The predicted molar refractivity (Wildman–Crippen MR) is 210 cm³/mol. The molecule has 4 aromatic carbocycles. The smallest absolute Gasteiger partial charge is 0.137 e. The first-order valence-electron chi connectivity index (χ1n) is 17.2. The van der Waals surface area contributed by atoms with E-state index in [1.807, 2.05) is 17.1 Å². The summed E-state index contributed by atoms with van der Waals surface area (Å²) in [4.78, 5) is 14.0. The molecule has 0 spiro atoms. The second kappa shape index (κ2) is 15.6. The summed E-state index contributed by atoms with van der Waals surface area (Å²) in [5.41, 5.74) is 14.0. The maximum Gasteiger partial charge on any atom is 0.137 e. The Morgan fingerprint density at radius 1 is 0.620 bits per heavy atom. The van der Waals surface area contributed by atoms with Crippen LogP contribution in [0.25, 0.3) is 20.4 Å². The highest BCUT2D eigenvalue weighted by Gasteiger charge is 2.24. The van der Waals surface area contributed by atoms with Crippen LogP contribution in [-0.4, -0.2) is 60.2 Å². The standard InChI is InChI=1S/2C20H21ClN2OS/c1-13(15-4-6-19-17(11-15)22-12-25-19)23-9-7-14-3-5-18(24-2)20(21)16(14)8-10-23;1-13(14-3-4-20-18(10-14)22-12-25-20)23-7-5-15-9-17(21)19(24-2)11-16(15)6-8-23/h3-6,11-13H,7-10H2,1-2H3;3-4,9-13H,5-8H2,1-2H3. The molecule has 0 N–H and O–H groups in total. The summed E-state index contributed by atoms with van der Waals surface area (Å²) in [5.74, 6) is 1.55. The van der Waals surface area contributed by atoms with Crippen LogP contribution in [0, 0.1) is 0 Å². The molecule has 0 radical (unpaired) electrons. The van der Waals surface area contributed by atoms with Crippen molar-refractivity contribution < 1.29 is 9.47 Å². The lowest BCUT2D eigenvalue weighted by molar-refractivity contribution is 0.221. The number of thiazole rings is 2. The Hall–Kier alpha value is -3.24. The van der Waals surface area contributed by atoms with Gasteiger partial charge in [-0.05, 0) is 115 Å². The summed E-state index contributed by atoms with van der Waals surface area (Å²) in [6.45, 7) is 8.67. The molecule has 50 heavy (non-hydrogen) atoms. The minimum atomic E-state index is 0.362. The lowest BCUT2D eigenvalue weighted by atomic mass is 10.0. The molecule has 0 bridgehead atoms. The molecule has 2 aromatic heterocycles. The molecule has 4 heterocycles. The van der Waals surface area contributed by atoms with Crippen LogP contribution in [0.15, 0.2) is 71.7 Å². The van der Waals surface area contributed by atoms with Crippen molar-refractivity contribution in [3.8, 4) is 11.5 Å². The average Bonchev–Trinajstić information content (AvgIpc) is 3.70. The summed E-state index contributed by atoms with van der Waals surface area (Å²) in [6.07, 6.45) is 4.01. The van der Waals surface area contributed by atoms with Gasteiger partial charge < -0.3 is 9.47 Å². The first-order valence-corrected chi connectivity index (χ1v) is 19.7. The van der Waals surface area contributed by atoms with E-state index in [2.05, 4.69) is 88.2 Å².